The molecule has 0 unspecified atom stereocenters. The lowest BCUT2D eigenvalue weighted by atomic mass is 9.83. The van der Waals surface area contributed by atoms with E-state index in [-0.39, 0.29) is 23.4 Å². The first kappa shape index (κ1) is 20.8. The molecule has 9 heteroatoms. The van der Waals surface area contributed by atoms with Crippen LogP contribution in [0.4, 0.5) is 0 Å². The standard InChI is InChI=1S/C21H24O9/c1-8-6-12-14(9(2)18(23)28-12)17(29-20(25)21(4)10(3)30-21)15(22)11(19(24)26-5)7-13-16(8)27-13/h6-7,10,12-17,22H,2H2,1,3-5H3/t10-,12+,13+,14+,15+,16-,17-,21+/m1/s1. The maximum atomic E-state index is 12.8. The zero-order chi connectivity index (χ0) is 22.0. The number of aliphatic hydroxyl groups excluding tert-OH is 1. The number of esters is 3. The van der Waals surface area contributed by atoms with Gasteiger partial charge in [0.25, 0.3) is 0 Å². The van der Waals surface area contributed by atoms with E-state index in [2.05, 4.69) is 6.58 Å². The van der Waals surface area contributed by atoms with E-state index in [9.17, 15) is 19.5 Å². The molecular formula is C21H24O9. The number of hydrogen-bond acceptors (Lipinski definition) is 9. The molecule has 0 aromatic carbocycles. The highest BCUT2D eigenvalue weighted by atomic mass is 16.7. The average Bonchev–Trinajstić information content (AvgIpc) is 3.58. The molecular weight excluding hydrogens is 396 g/mol. The van der Waals surface area contributed by atoms with Gasteiger partial charge < -0.3 is 28.8 Å². The highest BCUT2D eigenvalue weighted by Gasteiger charge is 2.59. The summed E-state index contributed by atoms with van der Waals surface area (Å²) in [5.74, 6) is -3.09. The summed E-state index contributed by atoms with van der Waals surface area (Å²) >= 11 is 0. The van der Waals surface area contributed by atoms with E-state index < -0.39 is 53.8 Å². The van der Waals surface area contributed by atoms with Crippen LogP contribution in [0.1, 0.15) is 20.8 Å². The molecule has 3 heterocycles. The second-order valence-electron chi connectivity index (χ2n) is 8.15. The number of rotatable bonds is 3. The summed E-state index contributed by atoms with van der Waals surface area (Å²) < 4.78 is 26.8. The Morgan fingerprint density at radius 2 is 1.93 bits per heavy atom. The van der Waals surface area contributed by atoms with E-state index in [1.165, 1.54) is 13.2 Å². The van der Waals surface area contributed by atoms with Gasteiger partial charge in [-0.25, -0.2) is 14.4 Å². The average molecular weight is 420 g/mol. The zero-order valence-electron chi connectivity index (χ0n) is 17.1. The van der Waals surface area contributed by atoms with Crippen LogP contribution in [0.2, 0.25) is 0 Å². The Morgan fingerprint density at radius 3 is 2.53 bits per heavy atom. The number of epoxide rings is 2. The minimum atomic E-state index is -1.60. The summed E-state index contributed by atoms with van der Waals surface area (Å²) in [7, 11) is 1.18. The van der Waals surface area contributed by atoms with Crippen LogP contribution in [0.3, 0.4) is 0 Å². The Hall–Kier alpha value is -2.49. The molecule has 162 valence electrons. The quantitative estimate of drug-likeness (QED) is 0.227. The second-order valence-corrected chi connectivity index (χ2v) is 8.15. The molecule has 0 amide bonds. The minimum absolute atomic E-state index is 0.0360. The Morgan fingerprint density at radius 1 is 1.27 bits per heavy atom. The summed E-state index contributed by atoms with van der Waals surface area (Å²) in [5, 5.41) is 11.1. The van der Waals surface area contributed by atoms with Crippen LogP contribution in [0.5, 0.6) is 0 Å². The molecule has 0 aromatic rings. The van der Waals surface area contributed by atoms with Gasteiger partial charge in [-0.3, -0.25) is 0 Å². The van der Waals surface area contributed by atoms with Crippen molar-refractivity contribution in [2.75, 3.05) is 7.11 Å². The van der Waals surface area contributed by atoms with Gasteiger partial charge in [-0.05, 0) is 38.5 Å². The maximum Gasteiger partial charge on any atom is 0.341 e. The lowest BCUT2D eigenvalue weighted by Crippen LogP contribution is -2.46. The fraction of sp³-hybridized carbons (Fsp3) is 0.571. The first-order chi connectivity index (χ1) is 14.1. The third-order valence-corrected chi connectivity index (χ3v) is 6.20. The number of carbonyl (C=O) groups excluding carboxylic acids is 3. The number of methoxy groups -OCH3 is 1. The van der Waals surface area contributed by atoms with Crippen LogP contribution in [0.15, 0.2) is 35.5 Å². The van der Waals surface area contributed by atoms with Crippen LogP contribution in [0.25, 0.3) is 0 Å². The zero-order valence-corrected chi connectivity index (χ0v) is 17.1. The highest BCUT2D eigenvalue weighted by Crippen LogP contribution is 2.42. The molecule has 1 N–H and O–H groups in total. The van der Waals surface area contributed by atoms with Gasteiger partial charge in [-0.1, -0.05) is 6.58 Å². The Bertz CT molecular complexity index is 887. The molecule has 1 aliphatic carbocycles. The lowest BCUT2D eigenvalue weighted by molar-refractivity contribution is -0.165. The molecule has 9 nitrogen and oxygen atoms in total. The van der Waals surface area contributed by atoms with Gasteiger partial charge in [0.1, 0.15) is 30.5 Å². The van der Waals surface area contributed by atoms with Crippen molar-refractivity contribution in [1.29, 1.82) is 0 Å². The first-order valence-corrected chi connectivity index (χ1v) is 9.69. The summed E-state index contributed by atoms with van der Waals surface area (Å²) in [6.07, 6.45) is -1.75. The molecule has 0 saturated carbocycles. The van der Waals surface area contributed by atoms with E-state index in [4.69, 9.17) is 23.7 Å². The molecule has 0 spiro atoms. The predicted octanol–water partition coefficient (Wildman–Crippen LogP) is 0.361. The van der Waals surface area contributed by atoms with Crippen molar-refractivity contribution >= 4 is 17.9 Å². The summed E-state index contributed by atoms with van der Waals surface area (Å²) in [6, 6.07) is 0. The molecule has 3 fully saturated rings. The molecule has 0 aromatic heterocycles. The van der Waals surface area contributed by atoms with Crippen molar-refractivity contribution in [1.82, 2.24) is 0 Å². The van der Waals surface area contributed by atoms with Crippen molar-refractivity contribution in [3.05, 3.63) is 35.5 Å². The SMILES string of the molecule is C=C1C(=O)O[C@H]2C=C(C)[C@H]3O[C@H]3C=C(C(=O)OC)[C@H](O)[C@H](OC(=O)[C@@]3(C)O[C@@H]3C)[C@@H]12. The molecule has 4 rings (SSSR count). The van der Waals surface area contributed by atoms with Crippen LogP contribution >= 0.6 is 0 Å². The Kier molecular flexibility index (Phi) is 4.87. The topological polar surface area (TPSA) is 124 Å². The number of ether oxygens (including phenoxy) is 5. The van der Waals surface area contributed by atoms with Crippen LogP contribution in [-0.2, 0) is 38.1 Å². The lowest BCUT2D eigenvalue weighted by Gasteiger charge is -2.31. The summed E-state index contributed by atoms with van der Waals surface area (Å²) in [5.41, 5.74) is -0.473. The van der Waals surface area contributed by atoms with E-state index in [0.717, 1.165) is 5.57 Å². The number of carbonyl (C=O) groups is 3. The normalized spacial score (nSPS) is 42.1. The largest absolute Gasteiger partial charge is 0.466 e. The first-order valence-electron chi connectivity index (χ1n) is 9.69. The van der Waals surface area contributed by atoms with Gasteiger partial charge in [0.2, 0.25) is 0 Å². The fourth-order valence-corrected chi connectivity index (χ4v) is 3.98. The molecule has 3 saturated heterocycles. The third-order valence-electron chi connectivity index (χ3n) is 6.20. The maximum absolute atomic E-state index is 12.8. The monoisotopic (exact) mass is 420 g/mol. The van der Waals surface area contributed by atoms with Gasteiger partial charge >= 0.3 is 17.9 Å². The van der Waals surface area contributed by atoms with Crippen molar-refractivity contribution in [3.8, 4) is 0 Å². The molecule has 0 radical (unpaired) electrons. The Labute approximate surface area is 173 Å². The van der Waals surface area contributed by atoms with E-state index in [0.29, 0.717) is 0 Å². The smallest absolute Gasteiger partial charge is 0.341 e. The summed E-state index contributed by atoms with van der Waals surface area (Å²) in [4.78, 5) is 37.5. The van der Waals surface area contributed by atoms with E-state index >= 15 is 0 Å². The fourth-order valence-electron chi connectivity index (χ4n) is 3.98. The molecule has 30 heavy (non-hydrogen) atoms. The molecule has 0 bridgehead atoms. The van der Waals surface area contributed by atoms with Crippen molar-refractivity contribution in [3.63, 3.8) is 0 Å². The van der Waals surface area contributed by atoms with Crippen molar-refractivity contribution in [2.24, 2.45) is 5.92 Å². The van der Waals surface area contributed by atoms with Gasteiger partial charge in [-0.15, -0.1) is 0 Å². The third kappa shape index (κ3) is 3.27. The van der Waals surface area contributed by atoms with Crippen LogP contribution < -0.4 is 0 Å². The van der Waals surface area contributed by atoms with Crippen molar-refractivity contribution in [2.45, 2.75) is 63.0 Å². The van der Waals surface area contributed by atoms with Gasteiger partial charge in [0.15, 0.2) is 5.60 Å². The summed E-state index contributed by atoms with van der Waals surface area (Å²) in [6.45, 7) is 8.86. The Balaban J connectivity index is 1.77. The minimum Gasteiger partial charge on any atom is -0.466 e. The predicted molar refractivity (Wildman–Crippen MR) is 99.9 cm³/mol. The molecule has 8 atom stereocenters. The van der Waals surface area contributed by atoms with Crippen LogP contribution in [0, 0.1) is 5.92 Å². The van der Waals surface area contributed by atoms with Crippen LogP contribution in [-0.4, -0.2) is 72.3 Å². The van der Waals surface area contributed by atoms with Gasteiger partial charge in [-0.2, -0.15) is 0 Å². The number of fused-ring (bicyclic) bond motifs is 2. The number of aliphatic hydroxyl groups is 1. The van der Waals surface area contributed by atoms with E-state index in [1.54, 1.807) is 19.9 Å². The second kappa shape index (κ2) is 7.04. The highest BCUT2D eigenvalue weighted by molar-refractivity contribution is 5.93. The van der Waals surface area contributed by atoms with E-state index in [1.807, 2.05) is 6.92 Å². The van der Waals surface area contributed by atoms with Gasteiger partial charge in [0.05, 0.1) is 24.7 Å². The number of hydrogen-bond donors (Lipinski definition) is 1. The molecule has 4 aliphatic rings. The molecule has 3 aliphatic heterocycles. The van der Waals surface area contributed by atoms with Crippen molar-refractivity contribution < 1.29 is 43.2 Å². The van der Waals surface area contributed by atoms with Gasteiger partial charge in [0, 0.05) is 5.57 Å².